The summed E-state index contributed by atoms with van der Waals surface area (Å²) in [5.41, 5.74) is 0. The molecule has 13 heavy (non-hydrogen) atoms. The number of nitrogens with zero attached hydrogens (tertiary/aromatic N) is 2. The van der Waals surface area contributed by atoms with Crippen LogP contribution in [0.5, 0.6) is 0 Å². The summed E-state index contributed by atoms with van der Waals surface area (Å²) in [4.78, 5) is 10.8. The minimum Gasteiger partial charge on any atom is -0.463 e. The molecule has 0 atom stereocenters. The lowest BCUT2D eigenvalue weighted by molar-refractivity contribution is -0.137. The van der Waals surface area contributed by atoms with Gasteiger partial charge >= 0.3 is 5.97 Å². The molecule has 0 radical (unpaired) electrons. The van der Waals surface area contributed by atoms with Crippen molar-refractivity contribution < 1.29 is 9.53 Å². The van der Waals surface area contributed by atoms with Crippen molar-refractivity contribution in [3.05, 3.63) is 30.6 Å². The Bertz CT molecular complexity index is 278. The van der Waals surface area contributed by atoms with Crippen LogP contribution in [-0.2, 0) is 16.1 Å². The fraction of sp³-hybridized carbons (Fsp3) is 0.333. The number of hydrogen-bond donors (Lipinski definition) is 0. The van der Waals surface area contributed by atoms with Crippen molar-refractivity contribution in [1.82, 2.24) is 9.78 Å². The first kappa shape index (κ1) is 9.51. The summed E-state index contributed by atoms with van der Waals surface area (Å²) >= 11 is 0. The van der Waals surface area contributed by atoms with Gasteiger partial charge in [0.1, 0.15) is 0 Å². The van der Waals surface area contributed by atoms with Gasteiger partial charge in [-0.25, -0.2) is 4.79 Å². The van der Waals surface area contributed by atoms with Gasteiger partial charge in [-0.1, -0.05) is 6.08 Å². The van der Waals surface area contributed by atoms with Crippen LogP contribution in [0.1, 0.15) is 6.92 Å². The maximum atomic E-state index is 10.8. The summed E-state index contributed by atoms with van der Waals surface area (Å²) in [7, 11) is 0. The molecular formula is C9H12N2O2. The number of carbonyl (C=O) groups excluding carboxylic acids is 1. The van der Waals surface area contributed by atoms with Gasteiger partial charge in [0.15, 0.2) is 0 Å². The van der Waals surface area contributed by atoms with Crippen LogP contribution in [0.2, 0.25) is 0 Å². The first-order valence-corrected chi connectivity index (χ1v) is 4.13. The monoisotopic (exact) mass is 180 g/mol. The zero-order valence-corrected chi connectivity index (χ0v) is 7.51. The third kappa shape index (κ3) is 3.55. The molecule has 1 aromatic rings. The molecule has 1 aromatic heterocycles. The van der Waals surface area contributed by atoms with E-state index in [-0.39, 0.29) is 5.97 Å². The predicted molar refractivity (Wildman–Crippen MR) is 48.0 cm³/mol. The fourth-order valence-electron chi connectivity index (χ4n) is 0.856. The van der Waals surface area contributed by atoms with Crippen LogP contribution in [0.15, 0.2) is 30.6 Å². The van der Waals surface area contributed by atoms with Gasteiger partial charge in [-0.05, 0) is 13.0 Å². The normalized spacial score (nSPS) is 10.5. The molecule has 0 aliphatic rings. The molecule has 4 nitrogen and oxygen atoms in total. The lowest BCUT2D eigenvalue weighted by atomic mass is 10.5. The maximum absolute atomic E-state index is 10.8. The summed E-state index contributed by atoms with van der Waals surface area (Å²) in [6.07, 6.45) is 6.64. The zero-order valence-electron chi connectivity index (χ0n) is 7.51. The summed E-state index contributed by atoms with van der Waals surface area (Å²) in [5, 5.41) is 3.97. The molecule has 0 N–H and O–H groups in total. The summed E-state index contributed by atoms with van der Waals surface area (Å²) in [5.74, 6) is -0.311. The zero-order chi connectivity index (χ0) is 9.52. The van der Waals surface area contributed by atoms with Crippen LogP contribution < -0.4 is 0 Å². The molecule has 4 heteroatoms. The van der Waals surface area contributed by atoms with E-state index in [1.54, 1.807) is 23.9 Å². The minimum atomic E-state index is -0.311. The van der Waals surface area contributed by atoms with Gasteiger partial charge in [0, 0.05) is 18.5 Å². The van der Waals surface area contributed by atoms with Crippen molar-refractivity contribution in [1.29, 1.82) is 0 Å². The van der Waals surface area contributed by atoms with Gasteiger partial charge in [-0.3, -0.25) is 4.68 Å². The molecule has 0 fully saturated rings. The second-order valence-corrected chi connectivity index (χ2v) is 2.38. The van der Waals surface area contributed by atoms with E-state index in [0.29, 0.717) is 13.2 Å². The number of esters is 1. The molecule has 1 rings (SSSR count). The van der Waals surface area contributed by atoms with Crippen molar-refractivity contribution >= 4 is 5.97 Å². The summed E-state index contributed by atoms with van der Waals surface area (Å²) in [6, 6.07) is 1.83. The molecule has 0 amide bonds. The summed E-state index contributed by atoms with van der Waals surface area (Å²) < 4.78 is 6.42. The molecule has 1 heterocycles. The van der Waals surface area contributed by atoms with Gasteiger partial charge in [-0.15, -0.1) is 0 Å². The average molecular weight is 180 g/mol. The van der Waals surface area contributed by atoms with Gasteiger partial charge in [-0.2, -0.15) is 5.10 Å². The highest BCUT2D eigenvalue weighted by Crippen LogP contribution is 1.87. The number of aromatic nitrogens is 2. The molecule has 0 aliphatic heterocycles. The standard InChI is InChI=1S/C9H12N2O2/c1-2-13-9(12)5-3-7-11-8-4-6-10-11/h3-6,8H,2,7H2,1H3/b5-3+. The van der Waals surface area contributed by atoms with Crippen molar-refractivity contribution in [3.8, 4) is 0 Å². The average Bonchev–Trinajstić information content (AvgIpc) is 2.57. The number of ether oxygens (including phenoxy) is 1. The van der Waals surface area contributed by atoms with Crippen LogP contribution in [0.3, 0.4) is 0 Å². The van der Waals surface area contributed by atoms with Crippen LogP contribution in [0.4, 0.5) is 0 Å². The Hall–Kier alpha value is -1.58. The van der Waals surface area contributed by atoms with Crippen molar-refractivity contribution in [2.45, 2.75) is 13.5 Å². The highest BCUT2D eigenvalue weighted by atomic mass is 16.5. The summed E-state index contributed by atoms with van der Waals surface area (Å²) in [6.45, 7) is 2.77. The van der Waals surface area contributed by atoms with Gasteiger partial charge in [0.2, 0.25) is 0 Å². The highest BCUT2D eigenvalue weighted by molar-refractivity contribution is 5.81. The highest BCUT2D eigenvalue weighted by Gasteiger charge is 1.92. The van der Waals surface area contributed by atoms with Crippen LogP contribution >= 0.6 is 0 Å². The SMILES string of the molecule is CCOC(=O)/C=C/Cn1cccn1. The van der Waals surface area contributed by atoms with Crippen LogP contribution in [0, 0.1) is 0 Å². The van der Waals surface area contributed by atoms with Crippen molar-refractivity contribution in [3.63, 3.8) is 0 Å². The lowest BCUT2D eigenvalue weighted by Crippen LogP contribution is -2.00. The first-order chi connectivity index (χ1) is 6.33. The molecule has 0 aromatic carbocycles. The van der Waals surface area contributed by atoms with E-state index in [9.17, 15) is 4.79 Å². The van der Waals surface area contributed by atoms with Crippen LogP contribution in [-0.4, -0.2) is 22.4 Å². The third-order valence-corrected chi connectivity index (χ3v) is 1.39. The molecule has 0 spiro atoms. The van der Waals surface area contributed by atoms with E-state index in [1.165, 1.54) is 6.08 Å². The van der Waals surface area contributed by atoms with E-state index < -0.39 is 0 Å². The minimum absolute atomic E-state index is 0.311. The topological polar surface area (TPSA) is 44.1 Å². The Morgan fingerprint density at radius 3 is 3.15 bits per heavy atom. The van der Waals surface area contributed by atoms with Crippen LogP contribution in [0.25, 0.3) is 0 Å². The number of carbonyl (C=O) groups is 1. The Kier molecular flexibility index (Phi) is 3.75. The second-order valence-electron chi connectivity index (χ2n) is 2.38. The molecule has 0 aliphatic carbocycles. The van der Waals surface area contributed by atoms with Gasteiger partial charge in [0.05, 0.1) is 13.2 Å². The second kappa shape index (κ2) is 5.13. The lowest BCUT2D eigenvalue weighted by Gasteiger charge is -1.95. The van der Waals surface area contributed by atoms with E-state index in [0.717, 1.165) is 0 Å². The van der Waals surface area contributed by atoms with Crippen molar-refractivity contribution in [2.75, 3.05) is 6.61 Å². The Balaban J connectivity index is 2.29. The number of allylic oxidation sites excluding steroid dienone is 1. The fourth-order valence-corrected chi connectivity index (χ4v) is 0.856. The maximum Gasteiger partial charge on any atom is 0.330 e. The quantitative estimate of drug-likeness (QED) is 0.513. The predicted octanol–water partition coefficient (Wildman–Crippen LogP) is 1.00. The Morgan fingerprint density at radius 2 is 2.54 bits per heavy atom. The smallest absolute Gasteiger partial charge is 0.330 e. The van der Waals surface area contributed by atoms with E-state index in [4.69, 9.17) is 4.74 Å². The molecule has 0 saturated carbocycles. The molecular weight excluding hydrogens is 168 g/mol. The largest absolute Gasteiger partial charge is 0.463 e. The Labute approximate surface area is 76.8 Å². The molecule has 0 saturated heterocycles. The molecule has 0 bridgehead atoms. The van der Waals surface area contributed by atoms with Gasteiger partial charge < -0.3 is 4.74 Å². The van der Waals surface area contributed by atoms with Crippen molar-refractivity contribution in [2.24, 2.45) is 0 Å². The van der Waals surface area contributed by atoms with E-state index in [2.05, 4.69) is 5.10 Å². The third-order valence-electron chi connectivity index (χ3n) is 1.39. The molecule has 70 valence electrons. The van der Waals surface area contributed by atoms with Gasteiger partial charge in [0.25, 0.3) is 0 Å². The van der Waals surface area contributed by atoms with E-state index in [1.807, 2.05) is 12.3 Å². The van der Waals surface area contributed by atoms with E-state index >= 15 is 0 Å². The Morgan fingerprint density at radius 1 is 1.69 bits per heavy atom. The first-order valence-electron chi connectivity index (χ1n) is 4.13. The molecule has 0 unspecified atom stereocenters. The number of hydrogen-bond acceptors (Lipinski definition) is 3. The number of rotatable bonds is 4.